The van der Waals surface area contributed by atoms with Gasteiger partial charge in [0, 0.05) is 17.0 Å². The van der Waals surface area contributed by atoms with Gasteiger partial charge in [0.05, 0.1) is 19.1 Å². The van der Waals surface area contributed by atoms with Gasteiger partial charge in [-0.1, -0.05) is 5.16 Å². The zero-order valence-electron chi connectivity index (χ0n) is 14.6. The van der Waals surface area contributed by atoms with E-state index in [-0.39, 0.29) is 11.9 Å². The van der Waals surface area contributed by atoms with Crippen molar-refractivity contribution in [3.63, 3.8) is 0 Å². The molecule has 1 aliphatic heterocycles. The van der Waals surface area contributed by atoms with Crippen LogP contribution < -0.4 is 0 Å². The van der Waals surface area contributed by atoms with E-state index in [1.807, 2.05) is 37.4 Å². The van der Waals surface area contributed by atoms with Gasteiger partial charge >= 0.3 is 5.97 Å². The first-order valence-electron chi connectivity index (χ1n) is 8.55. The fourth-order valence-electron chi connectivity index (χ4n) is 3.02. The van der Waals surface area contributed by atoms with Crippen LogP contribution in [0.25, 0.3) is 11.4 Å². The number of rotatable bonds is 6. The molecule has 134 valence electrons. The molecule has 0 saturated carbocycles. The minimum Gasteiger partial charge on any atom is -0.466 e. The summed E-state index contributed by atoms with van der Waals surface area (Å²) in [6, 6.07) is 8.09. The summed E-state index contributed by atoms with van der Waals surface area (Å²) < 4.78 is 10.5. The number of esters is 1. The highest BCUT2D eigenvalue weighted by atomic mass is 32.2. The van der Waals surface area contributed by atoms with Gasteiger partial charge in [-0.05, 0) is 56.8 Å². The smallest absolute Gasteiger partial charge is 0.310 e. The summed E-state index contributed by atoms with van der Waals surface area (Å²) in [5.41, 5.74) is 0.941. The lowest BCUT2D eigenvalue weighted by Gasteiger charge is -2.30. The van der Waals surface area contributed by atoms with Gasteiger partial charge in [-0.3, -0.25) is 9.69 Å². The van der Waals surface area contributed by atoms with E-state index in [1.165, 1.54) is 4.90 Å². The van der Waals surface area contributed by atoms with E-state index < -0.39 is 0 Å². The normalized spacial score (nSPS) is 18.2. The zero-order valence-corrected chi connectivity index (χ0v) is 15.4. The number of carbonyl (C=O) groups is 1. The summed E-state index contributed by atoms with van der Waals surface area (Å²) >= 11 is 1.70. The molecule has 6 nitrogen and oxygen atoms in total. The van der Waals surface area contributed by atoms with Crippen molar-refractivity contribution >= 4 is 17.7 Å². The first-order valence-corrected chi connectivity index (χ1v) is 9.78. The Labute approximate surface area is 151 Å². The molecule has 2 aromatic rings. The van der Waals surface area contributed by atoms with E-state index in [9.17, 15) is 4.79 Å². The molecule has 0 radical (unpaired) electrons. The molecule has 1 aromatic carbocycles. The molecule has 1 fully saturated rings. The van der Waals surface area contributed by atoms with E-state index in [0.717, 1.165) is 24.9 Å². The van der Waals surface area contributed by atoms with Crippen LogP contribution in [0.3, 0.4) is 0 Å². The third-order valence-corrected chi connectivity index (χ3v) is 5.04. The van der Waals surface area contributed by atoms with Crippen LogP contribution in [0, 0.1) is 5.92 Å². The van der Waals surface area contributed by atoms with Gasteiger partial charge in [0.1, 0.15) is 0 Å². The Balaban J connectivity index is 1.61. The second kappa shape index (κ2) is 8.49. The molecule has 3 rings (SSSR count). The maximum Gasteiger partial charge on any atom is 0.310 e. The number of hydrogen-bond acceptors (Lipinski definition) is 7. The standard InChI is InChI=1S/C18H23N3O3S/c1-3-23-18(22)14-5-4-10-21(11-14)12-16-19-17(20-24-16)13-6-8-15(25-2)9-7-13/h6-9,14H,3-5,10-12H2,1-2H3/t14-/m0/s1. The number of carbonyl (C=O) groups excluding carboxylic acids is 1. The molecule has 2 heterocycles. The molecule has 0 N–H and O–H groups in total. The molecule has 1 saturated heterocycles. The fraction of sp³-hybridized carbons (Fsp3) is 0.500. The van der Waals surface area contributed by atoms with Crippen molar-refractivity contribution in [1.82, 2.24) is 15.0 Å². The average Bonchev–Trinajstić information content (AvgIpc) is 3.10. The van der Waals surface area contributed by atoms with E-state index >= 15 is 0 Å². The van der Waals surface area contributed by atoms with Crippen LogP contribution in [0.4, 0.5) is 0 Å². The van der Waals surface area contributed by atoms with Crippen LogP contribution in [-0.4, -0.2) is 47.0 Å². The monoisotopic (exact) mass is 361 g/mol. The molecule has 0 bridgehead atoms. The number of thioether (sulfide) groups is 1. The second-order valence-corrected chi connectivity index (χ2v) is 6.95. The van der Waals surface area contributed by atoms with Crippen LogP contribution >= 0.6 is 11.8 Å². The first kappa shape index (κ1) is 17.9. The Morgan fingerprint density at radius 2 is 2.20 bits per heavy atom. The summed E-state index contributed by atoms with van der Waals surface area (Å²) in [7, 11) is 0. The Bertz CT molecular complexity index is 702. The highest BCUT2D eigenvalue weighted by Crippen LogP contribution is 2.23. The van der Waals surface area contributed by atoms with E-state index in [0.29, 0.717) is 31.4 Å². The number of piperidine rings is 1. The van der Waals surface area contributed by atoms with Crippen molar-refractivity contribution in [1.29, 1.82) is 0 Å². The predicted molar refractivity (Wildman–Crippen MR) is 96.1 cm³/mol. The van der Waals surface area contributed by atoms with E-state index in [1.54, 1.807) is 11.8 Å². The Hall–Kier alpha value is -1.86. The first-order chi connectivity index (χ1) is 12.2. The molecule has 0 aliphatic carbocycles. The van der Waals surface area contributed by atoms with Crippen molar-refractivity contribution < 1.29 is 14.1 Å². The zero-order chi connectivity index (χ0) is 17.6. The molecule has 0 amide bonds. The van der Waals surface area contributed by atoms with Crippen LogP contribution in [-0.2, 0) is 16.1 Å². The fourth-order valence-corrected chi connectivity index (χ4v) is 3.43. The molecule has 1 aromatic heterocycles. The summed E-state index contributed by atoms with van der Waals surface area (Å²) in [4.78, 5) is 19.8. The number of aromatic nitrogens is 2. The number of likely N-dealkylation sites (tertiary alicyclic amines) is 1. The SMILES string of the molecule is CCOC(=O)[C@H]1CCCN(Cc2nc(-c3ccc(SC)cc3)no2)C1. The molecular formula is C18H23N3O3S. The van der Waals surface area contributed by atoms with Crippen LogP contribution in [0.1, 0.15) is 25.7 Å². The highest BCUT2D eigenvalue weighted by Gasteiger charge is 2.27. The Kier molecular flexibility index (Phi) is 6.09. The van der Waals surface area contributed by atoms with Gasteiger partial charge in [-0.25, -0.2) is 0 Å². The topological polar surface area (TPSA) is 68.5 Å². The van der Waals surface area contributed by atoms with Crippen LogP contribution in [0.5, 0.6) is 0 Å². The van der Waals surface area contributed by atoms with Crippen LogP contribution in [0.15, 0.2) is 33.7 Å². The Morgan fingerprint density at radius 3 is 2.92 bits per heavy atom. The maximum absolute atomic E-state index is 11.9. The number of ether oxygens (including phenoxy) is 1. The third kappa shape index (κ3) is 4.61. The lowest BCUT2D eigenvalue weighted by atomic mass is 9.98. The van der Waals surface area contributed by atoms with E-state index in [2.05, 4.69) is 15.0 Å². The summed E-state index contributed by atoms with van der Waals surface area (Å²) in [5, 5.41) is 4.08. The van der Waals surface area contributed by atoms with Crippen molar-refractivity contribution in [2.75, 3.05) is 26.0 Å². The number of hydrogen-bond donors (Lipinski definition) is 0. The highest BCUT2D eigenvalue weighted by molar-refractivity contribution is 7.98. The van der Waals surface area contributed by atoms with Crippen LogP contribution in [0.2, 0.25) is 0 Å². The molecule has 1 atom stereocenters. The number of benzene rings is 1. The molecule has 25 heavy (non-hydrogen) atoms. The van der Waals surface area contributed by atoms with Gasteiger partial charge in [0.2, 0.25) is 11.7 Å². The quantitative estimate of drug-likeness (QED) is 0.578. The van der Waals surface area contributed by atoms with Crippen molar-refractivity contribution in [2.45, 2.75) is 31.2 Å². The molecule has 1 aliphatic rings. The van der Waals surface area contributed by atoms with Gasteiger partial charge in [0.15, 0.2) is 0 Å². The average molecular weight is 361 g/mol. The molecule has 0 unspecified atom stereocenters. The summed E-state index contributed by atoms with van der Waals surface area (Å²) in [6.45, 7) is 4.43. The lowest BCUT2D eigenvalue weighted by Crippen LogP contribution is -2.39. The Morgan fingerprint density at radius 1 is 1.40 bits per heavy atom. The lowest BCUT2D eigenvalue weighted by molar-refractivity contribution is -0.150. The van der Waals surface area contributed by atoms with Crippen molar-refractivity contribution in [3.05, 3.63) is 30.2 Å². The van der Waals surface area contributed by atoms with Gasteiger partial charge < -0.3 is 9.26 Å². The molecular weight excluding hydrogens is 338 g/mol. The number of nitrogens with zero attached hydrogens (tertiary/aromatic N) is 3. The minimum absolute atomic E-state index is 0.0600. The third-order valence-electron chi connectivity index (χ3n) is 4.30. The maximum atomic E-state index is 11.9. The largest absolute Gasteiger partial charge is 0.466 e. The molecule has 7 heteroatoms. The summed E-state index contributed by atoms with van der Waals surface area (Å²) in [5.74, 6) is 1.01. The predicted octanol–water partition coefficient (Wildman–Crippen LogP) is 3.23. The minimum atomic E-state index is -0.104. The van der Waals surface area contributed by atoms with Gasteiger partial charge in [-0.15, -0.1) is 11.8 Å². The van der Waals surface area contributed by atoms with Gasteiger partial charge in [-0.2, -0.15) is 4.98 Å². The summed E-state index contributed by atoms with van der Waals surface area (Å²) in [6.07, 6.45) is 3.90. The second-order valence-electron chi connectivity index (χ2n) is 6.07. The van der Waals surface area contributed by atoms with Crippen molar-refractivity contribution in [2.24, 2.45) is 5.92 Å². The van der Waals surface area contributed by atoms with Gasteiger partial charge in [0.25, 0.3) is 0 Å². The molecule has 0 spiro atoms. The van der Waals surface area contributed by atoms with Crippen molar-refractivity contribution in [3.8, 4) is 11.4 Å². The van der Waals surface area contributed by atoms with E-state index in [4.69, 9.17) is 9.26 Å².